The molecule has 4 heteroatoms. The van der Waals surface area contributed by atoms with Gasteiger partial charge in [-0.25, -0.2) is 4.39 Å². The van der Waals surface area contributed by atoms with Crippen molar-refractivity contribution in [2.75, 3.05) is 0 Å². The molecule has 4 fully saturated rings. The molecule has 4 saturated carbocycles. The van der Waals surface area contributed by atoms with Crippen LogP contribution in [0.3, 0.4) is 0 Å². The minimum atomic E-state index is -0.395. The van der Waals surface area contributed by atoms with Gasteiger partial charge < -0.3 is 5.32 Å². The fourth-order valence-electron chi connectivity index (χ4n) is 5.47. The normalized spacial score (nSPS) is 35.6. The molecule has 4 aliphatic rings. The molecule has 4 bridgehead atoms. The van der Waals surface area contributed by atoms with Gasteiger partial charge in [-0.3, -0.25) is 4.79 Å². The molecule has 0 atom stereocenters. The fraction of sp³-hybridized carbons (Fsp3) is 0.611. The van der Waals surface area contributed by atoms with E-state index in [1.807, 2.05) is 0 Å². The molecule has 0 aromatic heterocycles. The van der Waals surface area contributed by atoms with Gasteiger partial charge >= 0.3 is 0 Å². The third-order valence-electron chi connectivity index (χ3n) is 5.84. The van der Waals surface area contributed by atoms with Crippen LogP contribution >= 0.6 is 11.6 Å². The second kappa shape index (κ2) is 5.23. The molecule has 22 heavy (non-hydrogen) atoms. The van der Waals surface area contributed by atoms with Gasteiger partial charge in [0.25, 0.3) is 0 Å². The Labute approximate surface area is 135 Å². The standard InChI is InChI=1S/C18H21ClFNO/c19-15-2-1-3-16(20)14(15)7-17(22)21-18-8-11-4-12(9-18)6-13(5-11)10-18/h1-3,11-13H,4-10H2,(H,21,22). The maximum atomic E-state index is 13.8. The summed E-state index contributed by atoms with van der Waals surface area (Å²) in [6.45, 7) is 0. The third-order valence-corrected chi connectivity index (χ3v) is 6.20. The van der Waals surface area contributed by atoms with Crippen molar-refractivity contribution in [1.82, 2.24) is 5.32 Å². The Morgan fingerprint density at radius 1 is 1.18 bits per heavy atom. The predicted molar refractivity (Wildman–Crippen MR) is 84.2 cm³/mol. The van der Waals surface area contributed by atoms with Crippen molar-refractivity contribution in [3.63, 3.8) is 0 Å². The Kier molecular flexibility index (Phi) is 3.44. The number of carbonyl (C=O) groups is 1. The number of nitrogens with one attached hydrogen (secondary N) is 1. The monoisotopic (exact) mass is 321 g/mol. The number of halogens is 2. The Morgan fingerprint density at radius 3 is 2.32 bits per heavy atom. The lowest BCUT2D eigenvalue weighted by molar-refractivity contribution is -0.126. The van der Waals surface area contributed by atoms with Crippen LogP contribution < -0.4 is 5.32 Å². The van der Waals surface area contributed by atoms with Crippen molar-refractivity contribution >= 4 is 17.5 Å². The molecule has 5 rings (SSSR count). The van der Waals surface area contributed by atoms with Crippen LogP contribution in [0.4, 0.5) is 4.39 Å². The topological polar surface area (TPSA) is 29.1 Å². The lowest BCUT2D eigenvalue weighted by Gasteiger charge is -2.56. The molecule has 1 N–H and O–H groups in total. The van der Waals surface area contributed by atoms with Crippen LogP contribution in [0.2, 0.25) is 5.02 Å². The molecule has 0 unspecified atom stereocenters. The second-order valence-electron chi connectivity index (χ2n) is 7.62. The summed E-state index contributed by atoms with van der Waals surface area (Å²) in [7, 11) is 0. The lowest BCUT2D eigenvalue weighted by atomic mass is 9.53. The Morgan fingerprint density at radius 2 is 1.77 bits per heavy atom. The Balaban J connectivity index is 1.48. The number of rotatable bonds is 3. The van der Waals surface area contributed by atoms with E-state index in [-0.39, 0.29) is 17.9 Å². The van der Waals surface area contributed by atoms with Crippen LogP contribution in [0.5, 0.6) is 0 Å². The van der Waals surface area contributed by atoms with Crippen LogP contribution in [0, 0.1) is 23.6 Å². The number of hydrogen-bond acceptors (Lipinski definition) is 1. The lowest BCUT2D eigenvalue weighted by Crippen LogP contribution is -2.60. The van der Waals surface area contributed by atoms with Crippen molar-refractivity contribution in [1.29, 1.82) is 0 Å². The van der Waals surface area contributed by atoms with Crippen molar-refractivity contribution in [3.05, 3.63) is 34.6 Å². The van der Waals surface area contributed by atoms with E-state index in [4.69, 9.17) is 11.6 Å². The summed E-state index contributed by atoms with van der Waals surface area (Å²) in [6, 6.07) is 4.56. The van der Waals surface area contributed by atoms with Gasteiger partial charge in [0.15, 0.2) is 0 Å². The van der Waals surface area contributed by atoms with Crippen LogP contribution in [-0.2, 0) is 11.2 Å². The number of benzene rings is 1. The van der Waals surface area contributed by atoms with E-state index < -0.39 is 5.82 Å². The van der Waals surface area contributed by atoms with Crippen LogP contribution in [0.25, 0.3) is 0 Å². The first-order valence-electron chi connectivity index (χ1n) is 8.27. The quantitative estimate of drug-likeness (QED) is 0.892. The van der Waals surface area contributed by atoms with E-state index in [0.29, 0.717) is 10.6 Å². The second-order valence-corrected chi connectivity index (χ2v) is 8.03. The highest BCUT2D eigenvalue weighted by Crippen LogP contribution is 2.55. The molecule has 1 aromatic rings. The number of hydrogen-bond donors (Lipinski definition) is 1. The van der Waals surface area contributed by atoms with E-state index in [0.717, 1.165) is 37.0 Å². The smallest absolute Gasteiger partial charge is 0.225 e. The van der Waals surface area contributed by atoms with E-state index in [2.05, 4.69) is 5.32 Å². The molecule has 0 saturated heterocycles. The van der Waals surface area contributed by atoms with Crippen LogP contribution in [-0.4, -0.2) is 11.4 Å². The largest absolute Gasteiger partial charge is 0.350 e. The van der Waals surface area contributed by atoms with Gasteiger partial charge in [0.2, 0.25) is 5.91 Å². The summed E-state index contributed by atoms with van der Waals surface area (Å²) in [6.07, 6.45) is 7.38. The molecule has 2 nitrogen and oxygen atoms in total. The summed E-state index contributed by atoms with van der Waals surface area (Å²) in [5.41, 5.74) is 0.287. The third kappa shape index (κ3) is 2.54. The highest BCUT2D eigenvalue weighted by atomic mass is 35.5. The maximum Gasteiger partial charge on any atom is 0.225 e. The molecule has 0 aliphatic heterocycles. The van der Waals surface area contributed by atoms with E-state index in [1.54, 1.807) is 12.1 Å². The first-order valence-corrected chi connectivity index (χ1v) is 8.65. The van der Waals surface area contributed by atoms with Crippen molar-refractivity contribution in [2.45, 2.75) is 50.5 Å². The average Bonchev–Trinajstić information content (AvgIpc) is 2.41. The van der Waals surface area contributed by atoms with Gasteiger partial charge in [0.1, 0.15) is 5.82 Å². The minimum absolute atomic E-state index is 0.0242. The Bertz CT molecular complexity index is 560. The van der Waals surface area contributed by atoms with Crippen molar-refractivity contribution < 1.29 is 9.18 Å². The summed E-state index contributed by atoms with van der Waals surface area (Å²) in [4.78, 5) is 12.5. The minimum Gasteiger partial charge on any atom is -0.350 e. The molecule has 1 aromatic carbocycles. The molecule has 4 aliphatic carbocycles. The van der Waals surface area contributed by atoms with Gasteiger partial charge in [-0.05, 0) is 68.4 Å². The average molecular weight is 322 g/mol. The SMILES string of the molecule is O=C(Cc1c(F)cccc1Cl)NC12CC3CC(CC(C3)C1)C2. The van der Waals surface area contributed by atoms with Gasteiger partial charge in [-0.2, -0.15) is 0 Å². The summed E-state index contributed by atoms with van der Waals surface area (Å²) >= 11 is 6.03. The molecule has 118 valence electrons. The molecule has 0 spiro atoms. The highest BCUT2D eigenvalue weighted by molar-refractivity contribution is 6.31. The van der Waals surface area contributed by atoms with Crippen molar-refractivity contribution in [3.8, 4) is 0 Å². The van der Waals surface area contributed by atoms with Gasteiger partial charge in [-0.15, -0.1) is 0 Å². The molecule has 1 amide bonds. The van der Waals surface area contributed by atoms with Gasteiger partial charge in [-0.1, -0.05) is 17.7 Å². The van der Waals surface area contributed by atoms with Crippen LogP contribution in [0.15, 0.2) is 18.2 Å². The summed E-state index contributed by atoms with van der Waals surface area (Å²) in [5, 5.41) is 3.60. The molecule has 0 heterocycles. The van der Waals surface area contributed by atoms with E-state index in [9.17, 15) is 9.18 Å². The Hall–Kier alpha value is -1.09. The van der Waals surface area contributed by atoms with Gasteiger partial charge in [0.05, 0.1) is 6.42 Å². The zero-order valence-electron chi connectivity index (χ0n) is 12.6. The zero-order valence-corrected chi connectivity index (χ0v) is 13.3. The predicted octanol–water partition coefficient (Wildman–Crippen LogP) is 4.11. The first-order chi connectivity index (χ1) is 10.5. The zero-order chi connectivity index (χ0) is 15.3. The van der Waals surface area contributed by atoms with E-state index >= 15 is 0 Å². The molecular formula is C18H21ClFNO. The van der Waals surface area contributed by atoms with Crippen molar-refractivity contribution in [2.24, 2.45) is 17.8 Å². The fourth-order valence-corrected chi connectivity index (χ4v) is 5.70. The first kappa shape index (κ1) is 14.5. The maximum absolute atomic E-state index is 13.8. The molecule has 0 radical (unpaired) electrons. The number of amides is 1. The number of carbonyl (C=O) groups excluding carboxylic acids is 1. The van der Waals surface area contributed by atoms with E-state index in [1.165, 1.54) is 25.3 Å². The van der Waals surface area contributed by atoms with Crippen LogP contribution in [0.1, 0.15) is 44.1 Å². The van der Waals surface area contributed by atoms with Gasteiger partial charge in [0, 0.05) is 16.1 Å². The highest BCUT2D eigenvalue weighted by Gasteiger charge is 2.51. The molecular weight excluding hydrogens is 301 g/mol. The summed E-state index contributed by atoms with van der Waals surface area (Å²) in [5.74, 6) is 1.86. The summed E-state index contributed by atoms with van der Waals surface area (Å²) < 4.78 is 13.8.